The molecule has 0 aromatic heterocycles. The smallest absolute Gasteiger partial charge is 0.410 e. The fourth-order valence-electron chi connectivity index (χ4n) is 1.74. The first-order valence-corrected chi connectivity index (χ1v) is 5.70. The zero-order chi connectivity index (χ0) is 12.2. The van der Waals surface area contributed by atoms with Gasteiger partial charge in [0, 0.05) is 12.6 Å². The van der Waals surface area contributed by atoms with Gasteiger partial charge < -0.3 is 15.0 Å². The van der Waals surface area contributed by atoms with Crippen LogP contribution in [0.5, 0.6) is 0 Å². The average molecular weight is 232 g/mol. The first-order valence-electron chi connectivity index (χ1n) is 5.70. The highest BCUT2D eigenvalue weighted by Gasteiger charge is 2.29. The summed E-state index contributed by atoms with van der Waals surface area (Å²) in [7, 11) is 0. The molecule has 0 unspecified atom stereocenters. The second kappa shape index (κ2) is 5.48. The number of ether oxygens (including phenoxy) is 1. The van der Waals surface area contributed by atoms with Gasteiger partial charge in [-0.05, 0) is 33.7 Å². The Labute approximate surface area is 96.1 Å². The minimum atomic E-state index is -0.532. The molecule has 0 saturated carbocycles. The summed E-state index contributed by atoms with van der Waals surface area (Å²) in [6.07, 6.45) is 0.443. The lowest BCUT2D eigenvalue weighted by Crippen LogP contribution is -2.45. The Balaban J connectivity index is 2.57. The van der Waals surface area contributed by atoms with Crippen molar-refractivity contribution in [3.8, 4) is 0 Å². The van der Waals surface area contributed by atoms with E-state index < -0.39 is 18.4 Å². The Morgan fingerprint density at radius 1 is 1.56 bits per heavy atom. The van der Waals surface area contributed by atoms with Crippen molar-refractivity contribution < 1.29 is 13.9 Å². The van der Waals surface area contributed by atoms with Crippen LogP contribution in [0.15, 0.2) is 0 Å². The maximum Gasteiger partial charge on any atom is 0.410 e. The highest BCUT2D eigenvalue weighted by molar-refractivity contribution is 5.68. The van der Waals surface area contributed by atoms with Crippen LogP contribution in [0.4, 0.5) is 9.18 Å². The zero-order valence-corrected chi connectivity index (χ0v) is 10.3. The first-order chi connectivity index (χ1) is 7.44. The molecule has 1 aliphatic rings. The van der Waals surface area contributed by atoms with Crippen molar-refractivity contribution >= 4 is 6.09 Å². The van der Waals surface area contributed by atoms with E-state index in [9.17, 15) is 9.18 Å². The predicted molar refractivity (Wildman–Crippen MR) is 60.2 cm³/mol. The lowest BCUT2D eigenvalue weighted by atomic mass is 10.2. The molecule has 0 radical (unpaired) electrons. The molecule has 1 rings (SSSR count). The van der Waals surface area contributed by atoms with E-state index in [2.05, 4.69) is 5.32 Å². The van der Waals surface area contributed by atoms with Crippen molar-refractivity contribution in [3.05, 3.63) is 0 Å². The number of hydrogen-bond donors (Lipinski definition) is 1. The van der Waals surface area contributed by atoms with Gasteiger partial charge in [-0.2, -0.15) is 0 Å². The number of hydrogen-bond acceptors (Lipinski definition) is 3. The molecule has 5 heteroatoms. The molecule has 1 fully saturated rings. The zero-order valence-electron chi connectivity index (χ0n) is 10.3. The maximum absolute atomic E-state index is 12.4. The topological polar surface area (TPSA) is 41.6 Å². The Bertz CT molecular complexity index is 235. The molecule has 0 aromatic carbocycles. The Kier molecular flexibility index (Phi) is 4.53. The highest BCUT2D eigenvalue weighted by atomic mass is 19.1. The second-order valence-electron chi connectivity index (χ2n) is 5.01. The van der Waals surface area contributed by atoms with Gasteiger partial charge in [0.1, 0.15) is 12.3 Å². The summed E-state index contributed by atoms with van der Waals surface area (Å²) < 4.78 is 17.7. The summed E-state index contributed by atoms with van der Waals surface area (Å²) >= 11 is 0. The largest absolute Gasteiger partial charge is 0.444 e. The van der Waals surface area contributed by atoms with E-state index in [4.69, 9.17) is 4.74 Å². The van der Waals surface area contributed by atoms with Gasteiger partial charge in [-0.15, -0.1) is 0 Å². The summed E-state index contributed by atoms with van der Waals surface area (Å²) in [5, 5.41) is 3.16. The number of carbonyl (C=O) groups excluding carboxylic acids is 1. The van der Waals surface area contributed by atoms with Gasteiger partial charge >= 0.3 is 6.09 Å². The van der Waals surface area contributed by atoms with Gasteiger partial charge in [0.15, 0.2) is 0 Å². The van der Waals surface area contributed by atoms with Gasteiger partial charge in [0.2, 0.25) is 0 Å². The van der Waals surface area contributed by atoms with Crippen molar-refractivity contribution in [2.45, 2.75) is 38.8 Å². The fraction of sp³-hybridized carbons (Fsp3) is 0.909. The summed E-state index contributed by atoms with van der Waals surface area (Å²) in [4.78, 5) is 13.3. The van der Waals surface area contributed by atoms with E-state index in [1.807, 2.05) is 20.8 Å². The van der Waals surface area contributed by atoms with E-state index >= 15 is 0 Å². The van der Waals surface area contributed by atoms with Crippen LogP contribution in [0, 0.1) is 0 Å². The minimum absolute atomic E-state index is 0.0607. The maximum atomic E-state index is 12.4. The van der Waals surface area contributed by atoms with Crippen molar-refractivity contribution in [2.24, 2.45) is 0 Å². The fourth-order valence-corrected chi connectivity index (χ4v) is 1.74. The second-order valence-corrected chi connectivity index (χ2v) is 5.01. The molecule has 4 nitrogen and oxygen atoms in total. The normalized spacial score (nSPS) is 20.9. The number of carbonyl (C=O) groups is 1. The van der Waals surface area contributed by atoms with Crippen LogP contribution in [-0.4, -0.2) is 48.9 Å². The van der Waals surface area contributed by atoms with Crippen LogP contribution in [-0.2, 0) is 4.74 Å². The average Bonchev–Trinajstić information content (AvgIpc) is 2.63. The molecule has 1 amide bonds. The molecule has 1 heterocycles. The predicted octanol–water partition coefficient (Wildman–Crippen LogP) is 1.55. The number of amides is 1. The van der Waals surface area contributed by atoms with E-state index in [1.54, 1.807) is 0 Å². The summed E-state index contributed by atoms with van der Waals surface area (Å²) in [6, 6.07) is 0.0607. The van der Waals surface area contributed by atoms with Crippen LogP contribution in [0.1, 0.15) is 27.2 Å². The molecular formula is C11H21FN2O2. The minimum Gasteiger partial charge on any atom is -0.444 e. The van der Waals surface area contributed by atoms with Gasteiger partial charge in [0.05, 0.1) is 6.54 Å². The SMILES string of the molecule is CC(C)(C)OC(=O)N(CCF)[C@H]1CCNC1. The van der Waals surface area contributed by atoms with Crippen LogP contribution < -0.4 is 5.32 Å². The number of nitrogens with one attached hydrogen (secondary N) is 1. The summed E-state index contributed by atoms with van der Waals surface area (Å²) in [6.45, 7) is 6.61. The van der Waals surface area contributed by atoms with Gasteiger partial charge in [-0.3, -0.25) is 0 Å². The Hall–Kier alpha value is -0.840. The number of alkyl halides is 1. The van der Waals surface area contributed by atoms with E-state index in [0.29, 0.717) is 0 Å². The first kappa shape index (κ1) is 13.2. The Morgan fingerprint density at radius 2 is 2.25 bits per heavy atom. The molecule has 1 aliphatic heterocycles. The molecule has 16 heavy (non-hydrogen) atoms. The van der Waals surface area contributed by atoms with Gasteiger partial charge in [0.25, 0.3) is 0 Å². The lowest BCUT2D eigenvalue weighted by molar-refractivity contribution is 0.0164. The number of nitrogens with zero attached hydrogens (tertiary/aromatic N) is 1. The van der Waals surface area contributed by atoms with Crippen molar-refractivity contribution in [3.63, 3.8) is 0 Å². The monoisotopic (exact) mass is 232 g/mol. The molecule has 1 atom stereocenters. The third-order valence-corrected chi connectivity index (χ3v) is 2.43. The van der Waals surface area contributed by atoms with Crippen molar-refractivity contribution in [2.75, 3.05) is 26.3 Å². The third kappa shape index (κ3) is 3.96. The van der Waals surface area contributed by atoms with Crippen molar-refractivity contribution in [1.82, 2.24) is 10.2 Å². The number of halogens is 1. The summed E-state index contributed by atoms with van der Waals surface area (Å²) in [5.41, 5.74) is -0.530. The van der Waals surface area contributed by atoms with Crippen LogP contribution in [0.3, 0.4) is 0 Å². The molecule has 0 bridgehead atoms. The van der Waals surface area contributed by atoms with E-state index in [1.165, 1.54) is 4.90 Å². The highest BCUT2D eigenvalue weighted by Crippen LogP contribution is 2.15. The molecule has 0 spiro atoms. The van der Waals surface area contributed by atoms with Crippen LogP contribution in [0.2, 0.25) is 0 Å². The lowest BCUT2D eigenvalue weighted by Gasteiger charge is -2.30. The van der Waals surface area contributed by atoms with Gasteiger partial charge in [-0.25, -0.2) is 9.18 Å². The molecule has 1 saturated heterocycles. The van der Waals surface area contributed by atoms with E-state index in [-0.39, 0.29) is 12.6 Å². The number of rotatable bonds is 3. The molecule has 0 aliphatic carbocycles. The Morgan fingerprint density at radius 3 is 2.69 bits per heavy atom. The molecular weight excluding hydrogens is 211 g/mol. The molecule has 1 N–H and O–H groups in total. The summed E-state index contributed by atoms with van der Waals surface area (Å²) in [5.74, 6) is 0. The van der Waals surface area contributed by atoms with Crippen LogP contribution in [0.25, 0.3) is 0 Å². The van der Waals surface area contributed by atoms with Crippen molar-refractivity contribution in [1.29, 1.82) is 0 Å². The van der Waals surface area contributed by atoms with Crippen LogP contribution >= 0.6 is 0 Å². The van der Waals surface area contributed by atoms with E-state index in [0.717, 1.165) is 19.5 Å². The quantitative estimate of drug-likeness (QED) is 0.802. The molecule has 0 aromatic rings. The standard InChI is InChI=1S/C11H21FN2O2/c1-11(2,3)16-10(15)14(7-5-12)9-4-6-13-8-9/h9,13H,4-8H2,1-3H3/t9-/m0/s1. The third-order valence-electron chi connectivity index (χ3n) is 2.43. The molecule has 94 valence electrons. The van der Waals surface area contributed by atoms with Gasteiger partial charge in [-0.1, -0.05) is 0 Å².